The average molecular weight is 270 g/mol. The topological polar surface area (TPSA) is 101 Å². The molecule has 0 aliphatic carbocycles. The number of aryl methyl sites for hydroxylation is 1. The molecule has 0 unspecified atom stereocenters. The number of carbonyl (C=O) groups excluding carboxylic acids is 1. The van der Waals surface area contributed by atoms with Gasteiger partial charge in [-0.3, -0.25) is 4.79 Å². The number of anilines is 1. The van der Waals surface area contributed by atoms with Crippen LogP contribution in [-0.4, -0.2) is 21.9 Å². The molecule has 0 spiro atoms. The van der Waals surface area contributed by atoms with Crippen molar-refractivity contribution in [2.75, 3.05) is 5.32 Å². The molecule has 6 nitrogen and oxygen atoms in total. The summed E-state index contributed by atoms with van der Waals surface area (Å²) in [6, 6.07) is 11.9. The molecule has 0 radical (unpaired) electrons. The molecule has 1 amide bonds. The molecule has 0 aliphatic heterocycles. The van der Waals surface area contributed by atoms with Crippen molar-refractivity contribution in [1.29, 1.82) is 0 Å². The maximum atomic E-state index is 12.0. The summed E-state index contributed by atoms with van der Waals surface area (Å²) in [5, 5.41) is 14.2. The number of rotatable bonds is 3. The zero-order valence-corrected chi connectivity index (χ0v) is 10.9. The molecular weight excluding hydrogens is 256 g/mol. The Balaban J connectivity index is 2.12. The van der Waals surface area contributed by atoms with Crippen LogP contribution >= 0.6 is 0 Å². The number of aromatic nitrogens is 1. The minimum atomic E-state index is -0.287. The lowest BCUT2D eigenvalue weighted by Gasteiger charge is -2.06. The van der Waals surface area contributed by atoms with Gasteiger partial charge in [-0.25, -0.2) is 4.98 Å². The SMILES string of the molecule is Cc1cccc(C(=O)Nc2ccc(/C(N)=N/O)cc2)n1. The highest BCUT2D eigenvalue weighted by atomic mass is 16.4. The van der Waals surface area contributed by atoms with Gasteiger partial charge >= 0.3 is 0 Å². The predicted octanol–water partition coefficient (Wildman–Crippen LogP) is 1.74. The van der Waals surface area contributed by atoms with Crippen LogP contribution in [0.15, 0.2) is 47.6 Å². The van der Waals surface area contributed by atoms with E-state index in [1.807, 2.05) is 13.0 Å². The summed E-state index contributed by atoms with van der Waals surface area (Å²) in [6.45, 7) is 1.82. The maximum absolute atomic E-state index is 12.0. The van der Waals surface area contributed by atoms with Gasteiger partial charge in [0, 0.05) is 16.9 Å². The molecule has 20 heavy (non-hydrogen) atoms. The van der Waals surface area contributed by atoms with E-state index in [0.717, 1.165) is 5.69 Å². The minimum absolute atomic E-state index is 0.0169. The van der Waals surface area contributed by atoms with E-state index in [9.17, 15) is 4.79 Å². The summed E-state index contributed by atoms with van der Waals surface area (Å²) in [5.74, 6) is -0.270. The normalized spacial score (nSPS) is 11.2. The van der Waals surface area contributed by atoms with Crippen LogP contribution in [0.5, 0.6) is 0 Å². The van der Waals surface area contributed by atoms with Crippen LogP contribution in [0.25, 0.3) is 0 Å². The number of hydrogen-bond acceptors (Lipinski definition) is 4. The second kappa shape index (κ2) is 5.83. The van der Waals surface area contributed by atoms with E-state index in [1.165, 1.54) is 0 Å². The first-order valence-electron chi connectivity index (χ1n) is 5.93. The largest absolute Gasteiger partial charge is 0.409 e. The van der Waals surface area contributed by atoms with Gasteiger partial charge in [-0.15, -0.1) is 0 Å². The average Bonchev–Trinajstić information content (AvgIpc) is 2.47. The zero-order chi connectivity index (χ0) is 14.5. The van der Waals surface area contributed by atoms with E-state index in [1.54, 1.807) is 36.4 Å². The van der Waals surface area contributed by atoms with Crippen LogP contribution in [0.3, 0.4) is 0 Å². The van der Waals surface area contributed by atoms with Gasteiger partial charge in [-0.1, -0.05) is 11.2 Å². The van der Waals surface area contributed by atoms with Gasteiger partial charge in [-0.05, 0) is 43.3 Å². The van der Waals surface area contributed by atoms with Crippen LogP contribution in [0, 0.1) is 6.92 Å². The molecular formula is C14H14N4O2. The van der Waals surface area contributed by atoms with E-state index < -0.39 is 0 Å². The van der Waals surface area contributed by atoms with Crippen molar-refractivity contribution >= 4 is 17.4 Å². The molecule has 1 aromatic carbocycles. The maximum Gasteiger partial charge on any atom is 0.274 e. The van der Waals surface area contributed by atoms with Crippen molar-refractivity contribution in [3.8, 4) is 0 Å². The van der Waals surface area contributed by atoms with Crippen molar-refractivity contribution in [3.63, 3.8) is 0 Å². The standard InChI is InChI=1S/C14H14N4O2/c1-9-3-2-4-12(16-9)14(19)17-11-7-5-10(6-8-11)13(15)18-20/h2-8,20H,1H3,(H2,15,18)(H,17,19). The Bertz CT molecular complexity index is 650. The Kier molecular flexibility index (Phi) is 3.95. The van der Waals surface area contributed by atoms with Crippen LogP contribution in [0.4, 0.5) is 5.69 Å². The lowest BCUT2D eigenvalue weighted by atomic mass is 10.2. The fraction of sp³-hybridized carbons (Fsp3) is 0.0714. The van der Waals surface area contributed by atoms with E-state index in [0.29, 0.717) is 16.9 Å². The highest BCUT2D eigenvalue weighted by molar-refractivity contribution is 6.03. The van der Waals surface area contributed by atoms with E-state index in [-0.39, 0.29) is 11.7 Å². The molecule has 0 fully saturated rings. The van der Waals surface area contributed by atoms with Crippen molar-refractivity contribution in [2.24, 2.45) is 10.9 Å². The number of nitrogens with zero attached hydrogens (tertiary/aromatic N) is 2. The lowest BCUT2D eigenvalue weighted by Crippen LogP contribution is -2.15. The molecule has 6 heteroatoms. The summed E-state index contributed by atoms with van der Waals surface area (Å²) < 4.78 is 0. The van der Waals surface area contributed by atoms with Crippen LogP contribution in [0.2, 0.25) is 0 Å². The Morgan fingerprint density at radius 2 is 1.95 bits per heavy atom. The van der Waals surface area contributed by atoms with Crippen molar-refractivity contribution in [3.05, 3.63) is 59.4 Å². The summed E-state index contributed by atoms with van der Waals surface area (Å²) in [6.07, 6.45) is 0. The Morgan fingerprint density at radius 1 is 1.25 bits per heavy atom. The molecule has 0 bridgehead atoms. The second-order valence-electron chi connectivity index (χ2n) is 4.18. The smallest absolute Gasteiger partial charge is 0.274 e. The molecule has 0 saturated carbocycles. The van der Waals surface area contributed by atoms with Crippen molar-refractivity contribution in [2.45, 2.75) is 6.92 Å². The molecule has 2 rings (SSSR count). The monoisotopic (exact) mass is 270 g/mol. The Morgan fingerprint density at radius 3 is 2.55 bits per heavy atom. The number of nitrogens with one attached hydrogen (secondary N) is 1. The highest BCUT2D eigenvalue weighted by Gasteiger charge is 2.08. The van der Waals surface area contributed by atoms with Gasteiger partial charge < -0.3 is 16.3 Å². The lowest BCUT2D eigenvalue weighted by molar-refractivity contribution is 0.102. The number of amidine groups is 1. The quantitative estimate of drug-likeness (QED) is 0.342. The van der Waals surface area contributed by atoms with E-state index in [2.05, 4.69) is 15.5 Å². The molecule has 0 saturated heterocycles. The predicted molar refractivity (Wildman–Crippen MR) is 75.9 cm³/mol. The third-order valence-electron chi connectivity index (χ3n) is 2.67. The zero-order valence-electron chi connectivity index (χ0n) is 10.9. The summed E-state index contributed by atoms with van der Waals surface area (Å²) in [7, 11) is 0. The van der Waals surface area contributed by atoms with Gasteiger partial charge in [0.05, 0.1) is 0 Å². The third-order valence-corrected chi connectivity index (χ3v) is 2.67. The highest BCUT2D eigenvalue weighted by Crippen LogP contribution is 2.11. The van der Waals surface area contributed by atoms with E-state index >= 15 is 0 Å². The van der Waals surface area contributed by atoms with Gasteiger partial charge in [0.2, 0.25) is 0 Å². The number of nitrogens with two attached hydrogens (primary N) is 1. The fourth-order valence-electron chi connectivity index (χ4n) is 1.65. The molecule has 102 valence electrons. The van der Waals surface area contributed by atoms with Crippen molar-refractivity contribution < 1.29 is 10.0 Å². The first-order chi connectivity index (χ1) is 9.60. The molecule has 4 N–H and O–H groups in total. The number of benzene rings is 1. The molecule has 1 heterocycles. The number of hydrogen-bond donors (Lipinski definition) is 3. The summed E-state index contributed by atoms with van der Waals surface area (Å²) >= 11 is 0. The van der Waals surface area contributed by atoms with Gasteiger partial charge in [0.1, 0.15) is 5.69 Å². The number of carbonyl (C=O) groups is 1. The first-order valence-corrected chi connectivity index (χ1v) is 5.93. The number of pyridine rings is 1. The second-order valence-corrected chi connectivity index (χ2v) is 4.18. The minimum Gasteiger partial charge on any atom is -0.409 e. The van der Waals surface area contributed by atoms with Crippen LogP contribution < -0.4 is 11.1 Å². The fourth-order valence-corrected chi connectivity index (χ4v) is 1.65. The number of oxime groups is 1. The Labute approximate surface area is 115 Å². The molecule has 0 aliphatic rings. The van der Waals surface area contributed by atoms with Gasteiger partial charge in [0.15, 0.2) is 5.84 Å². The first kappa shape index (κ1) is 13.5. The molecule has 0 atom stereocenters. The van der Waals surface area contributed by atoms with Crippen LogP contribution in [0.1, 0.15) is 21.7 Å². The molecule has 1 aromatic heterocycles. The van der Waals surface area contributed by atoms with Gasteiger partial charge in [0.25, 0.3) is 5.91 Å². The molecule has 2 aromatic rings. The Hall–Kier alpha value is -2.89. The van der Waals surface area contributed by atoms with E-state index in [4.69, 9.17) is 10.9 Å². The third kappa shape index (κ3) is 3.11. The van der Waals surface area contributed by atoms with Crippen LogP contribution in [-0.2, 0) is 0 Å². The van der Waals surface area contributed by atoms with Crippen molar-refractivity contribution in [1.82, 2.24) is 4.98 Å². The summed E-state index contributed by atoms with van der Waals surface area (Å²) in [4.78, 5) is 16.1. The summed E-state index contributed by atoms with van der Waals surface area (Å²) in [5.41, 5.74) is 7.76. The van der Waals surface area contributed by atoms with Gasteiger partial charge in [-0.2, -0.15) is 0 Å². The number of amides is 1.